The lowest BCUT2D eigenvalue weighted by atomic mass is 10.2. The van der Waals surface area contributed by atoms with Crippen LogP contribution in [0.3, 0.4) is 0 Å². The summed E-state index contributed by atoms with van der Waals surface area (Å²) < 4.78 is 0. The molecule has 3 N–H and O–H groups in total. The van der Waals surface area contributed by atoms with E-state index < -0.39 is 18.0 Å². The first-order valence-electron chi connectivity index (χ1n) is 5.84. The zero-order valence-corrected chi connectivity index (χ0v) is 11.1. The second-order valence-electron chi connectivity index (χ2n) is 4.23. The van der Waals surface area contributed by atoms with Crippen molar-refractivity contribution in [3.8, 4) is 12.3 Å². The number of rotatable bonds is 5. The maximum atomic E-state index is 11.7. The fourth-order valence-electron chi connectivity index (χ4n) is 2.06. The monoisotopic (exact) mass is 270 g/mol. The largest absolute Gasteiger partial charge is 0.480 e. The molecular weight excluding hydrogens is 252 g/mol. The number of carbonyl (C=O) groups is 2. The van der Waals surface area contributed by atoms with Crippen molar-refractivity contribution in [2.45, 2.75) is 43.0 Å². The van der Waals surface area contributed by atoms with E-state index in [0.29, 0.717) is 5.25 Å². The second kappa shape index (κ2) is 7.17. The molecular formula is C12H18N2O3S. The van der Waals surface area contributed by atoms with Gasteiger partial charge >= 0.3 is 12.0 Å². The quantitative estimate of drug-likeness (QED) is 0.652. The molecule has 18 heavy (non-hydrogen) atoms. The van der Waals surface area contributed by atoms with Crippen LogP contribution >= 0.6 is 11.8 Å². The van der Waals surface area contributed by atoms with Gasteiger partial charge in [0, 0.05) is 17.7 Å². The number of terminal acetylenes is 1. The second-order valence-corrected chi connectivity index (χ2v) is 5.31. The van der Waals surface area contributed by atoms with E-state index in [9.17, 15) is 9.59 Å². The third kappa shape index (κ3) is 4.15. The van der Waals surface area contributed by atoms with Crippen molar-refractivity contribution in [1.82, 2.24) is 10.6 Å². The molecule has 1 rings (SSSR count). The van der Waals surface area contributed by atoms with Crippen molar-refractivity contribution in [3.05, 3.63) is 0 Å². The van der Waals surface area contributed by atoms with Crippen LogP contribution in [0.15, 0.2) is 0 Å². The normalized spacial score (nSPS) is 24.0. The van der Waals surface area contributed by atoms with Crippen molar-refractivity contribution in [1.29, 1.82) is 0 Å². The number of carboxylic acids is 1. The molecule has 0 aliphatic heterocycles. The van der Waals surface area contributed by atoms with Gasteiger partial charge in [-0.3, -0.25) is 0 Å². The third-order valence-corrected chi connectivity index (χ3v) is 4.17. The fourth-order valence-corrected chi connectivity index (χ4v) is 2.99. The number of carboxylic acid groups (broad SMARTS) is 1. The summed E-state index contributed by atoms with van der Waals surface area (Å²) in [6, 6.07) is -1.37. The Morgan fingerprint density at radius 3 is 2.83 bits per heavy atom. The molecule has 0 aromatic heterocycles. The van der Waals surface area contributed by atoms with E-state index in [1.54, 1.807) is 11.8 Å². The topological polar surface area (TPSA) is 78.4 Å². The van der Waals surface area contributed by atoms with Gasteiger partial charge in [-0.25, -0.2) is 9.59 Å². The Labute approximate surface area is 111 Å². The predicted molar refractivity (Wildman–Crippen MR) is 71.5 cm³/mol. The van der Waals surface area contributed by atoms with Crippen LogP contribution in [0.4, 0.5) is 4.79 Å². The van der Waals surface area contributed by atoms with E-state index in [1.165, 1.54) is 0 Å². The molecule has 0 spiro atoms. The van der Waals surface area contributed by atoms with E-state index in [-0.39, 0.29) is 12.5 Å². The highest BCUT2D eigenvalue weighted by Gasteiger charge is 2.28. The number of aliphatic carboxylic acids is 1. The molecule has 2 amide bonds. The summed E-state index contributed by atoms with van der Waals surface area (Å²) in [6.07, 6.45) is 10.2. The molecule has 0 aromatic rings. The first-order chi connectivity index (χ1) is 8.58. The maximum absolute atomic E-state index is 11.7. The van der Waals surface area contributed by atoms with Gasteiger partial charge in [-0.1, -0.05) is 6.42 Å². The summed E-state index contributed by atoms with van der Waals surface area (Å²) in [7, 11) is 0. The van der Waals surface area contributed by atoms with Gasteiger partial charge in [-0.15, -0.1) is 12.3 Å². The lowest BCUT2D eigenvalue weighted by molar-refractivity contribution is -0.139. The predicted octanol–water partition coefficient (Wildman–Crippen LogP) is 1.05. The Bertz CT molecular complexity index is 354. The summed E-state index contributed by atoms with van der Waals surface area (Å²) in [6.45, 7) is 0. The zero-order chi connectivity index (χ0) is 13.5. The number of nitrogens with one attached hydrogen (secondary N) is 2. The summed E-state index contributed by atoms with van der Waals surface area (Å²) >= 11 is 1.73. The summed E-state index contributed by atoms with van der Waals surface area (Å²) in [5, 5.41) is 14.5. The number of thioether (sulfide) groups is 1. The minimum atomic E-state index is -1.11. The van der Waals surface area contributed by atoms with Crippen molar-refractivity contribution in [2.24, 2.45) is 0 Å². The summed E-state index contributed by atoms with van der Waals surface area (Å²) in [5.41, 5.74) is 0. The molecule has 1 aliphatic carbocycles. The molecule has 100 valence electrons. The van der Waals surface area contributed by atoms with Gasteiger partial charge in [0.2, 0.25) is 0 Å². The van der Waals surface area contributed by atoms with Crippen LogP contribution in [0.5, 0.6) is 0 Å². The highest BCUT2D eigenvalue weighted by Crippen LogP contribution is 2.28. The van der Waals surface area contributed by atoms with Crippen LogP contribution in [0.1, 0.15) is 25.7 Å². The summed E-state index contributed by atoms with van der Waals surface area (Å²) in [5.74, 6) is 1.13. The maximum Gasteiger partial charge on any atom is 0.327 e. The van der Waals surface area contributed by atoms with Gasteiger partial charge in [-0.2, -0.15) is 11.8 Å². The van der Waals surface area contributed by atoms with Gasteiger partial charge in [0.05, 0.1) is 0 Å². The lowest BCUT2D eigenvalue weighted by Crippen LogP contribution is -2.50. The van der Waals surface area contributed by atoms with Crippen molar-refractivity contribution in [3.63, 3.8) is 0 Å². The van der Waals surface area contributed by atoms with E-state index in [4.69, 9.17) is 11.5 Å². The van der Waals surface area contributed by atoms with Crippen LogP contribution in [0.2, 0.25) is 0 Å². The van der Waals surface area contributed by atoms with Crippen LogP contribution < -0.4 is 10.6 Å². The Balaban J connectivity index is 2.45. The van der Waals surface area contributed by atoms with Crippen LogP contribution in [0.25, 0.3) is 0 Å². The smallest absolute Gasteiger partial charge is 0.327 e. The van der Waals surface area contributed by atoms with Crippen molar-refractivity contribution in [2.75, 3.05) is 6.26 Å². The Morgan fingerprint density at radius 2 is 2.28 bits per heavy atom. The number of amides is 2. The van der Waals surface area contributed by atoms with Crippen LogP contribution in [0, 0.1) is 12.3 Å². The van der Waals surface area contributed by atoms with Gasteiger partial charge in [-0.05, 0) is 19.1 Å². The number of urea groups is 1. The Morgan fingerprint density at radius 1 is 1.56 bits per heavy atom. The SMILES string of the molecule is C#CCC(NC(=O)NC1CCCC1SC)C(=O)O. The molecule has 1 fully saturated rings. The summed E-state index contributed by atoms with van der Waals surface area (Å²) in [4.78, 5) is 22.5. The highest BCUT2D eigenvalue weighted by atomic mass is 32.2. The molecule has 0 radical (unpaired) electrons. The number of carbonyl (C=O) groups excluding carboxylic acids is 1. The first kappa shape index (κ1) is 14.7. The van der Waals surface area contributed by atoms with Crippen molar-refractivity contribution >= 4 is 23.8 Å². The minimum Gasteiger partial charge on any atom is -0.480 e. The average molecular weight is 270 g/mol. The minimum absolute atomic E-state index is 0.0145. The molecule has 5 nitrogen and oxygen atoms in total. The molecule has 0 saturated heterocycles. The zero-order valence-electron chi connectivity index (χ0n) is 10.3. The third-order valence-electron chi connectivity index (χ3n) is 3.00. The fraction of sp³-hybridized carbons (Fsp3) is 0.667. The average Bonchev–Trinajstić information content (AvgIpc) is 2.75. The van der Waals surface area contributed by atoms with E-state index in [1.807, 2.05) is 6.26 Å². The Hall–Kier alpha value is -1.35. The molecule has 6 heteroatoms. The molecule has 0 heterocycles. The van der Waals surface area contributed by atoms with Crippen LogP contribution in [-0.4, -0.2) is 40.7 Å². The van der Waals surface area contributed by atoms with Gasteiger partial charge in [0.15, 0.2) is 0 Å². The standard InChI is InChI=1S/C12H18N2O3S/c1-3-5-9(11(15)16)14-12(17)13-8-6-4-7-10(8)18-2/h1,8-10H,4-7H2,2H3,(H,15,16)(H2,13,14,17). The van der Waals surface area contributed by atoms with Gasteiger partial charge < -0.3 is 15.7 Å². The van der Waals surface area contributed by atoms with Crippen LogP contribution in [-0.2, 0) is 4.79 Å². The molecule has 1 aliphatic rings. The lowest BCUT2D eigenvalue weighted by Gasteiger charge is -2.20. The first-order valence-corrected chi connectivity index (χ1v) is 7.13. The molecule has 1 saturated carbocycles. The van der Waals surface area contributed by atoms with E-state index in [0.717, 1.165) is 19.3 Å². The van der Waals surface area contributed by atoms with Gasteiger partial charge in [0.1, 0.15) is 6.04 Å². The number of hydrogen-bond donors (Lipinski definition) is 3. The highest BCUT2D eigenvalue weighted by molar-refractivity contribution is 7.99. The van der Waals surface area contributed by atoms with Gasteiger partial charge in [0.25, 0.3) is 0 Å². The Kier molecular flexibility index (Phi) is 5.86. The van der Waals surface area contributed by atoms with E-state index >= 15 is 0 Å². The molecule has 0 bridgehead atoms. The molecule has 3 atom stereocenters. The molecule has 0 aromatic carbocycles. The number of hydrogen-bond acceptors (Lipinski definition) is 3. The molecule has 3 unspecified atom stereocenters. The van der Waals surface area contributed by atoms with E-state index in [2.05, 4.69) is 16.6 Å². The van der Waals surface area contributed by atoms with Crippen molar-refractivity contribution < 1.29 is 14.7 Å².